The Kier molecular flexibility index (Phi) is 5.55. The second kappa shape index (κ2) is 7.41. The fourth-order valence-corrected chi connectivity index (χ4v) is 3.05. The summed E-state index contributed by atoms with van der Waals surface area (Å²) in [7, 11) is 0. The minimum Gasteiger partial charge on any atom is -0.317 e. The van der Waals surface area contributed by atoms with Crippen molar-refractivity contribution in [2.24, 2.45) is 5.92 Å². The SMILES string of the molecule is CCNCC(Cc1ccc(F)cc1)Cc1cccs1. The van der Waals surface area contributed by atoms with E-state index in [1.54, 1.807) is 12.1 Å². The Morgan fingerprint density at radius 3 is 2.58 bits per heavy atom. The van der Waals surface area contributed by atoms with Gasteiger partial charge in [-0.3, -0.25) is 0 Å². The molecule has 0 aliphatic carbocycles. The maximum absolute atomic E-state index is 12.9. The summed E-state index contributed by atoms with van der Waals surface area (Å²) in [5.74, 6) is 0.398. The molecule has 0 bridgehead atoms. The van der Waals surface area contributed by atoms with Crippen LogP contribution in [0.25, 0.3) is 0 Å². The van der Waals surface area contributed by atoms with Gasteiger partial charge in [-0.1, -0.05) is 25.1 Å². The van der Waals surface area contributed by atoms with Gasteiger partial charge in [0.2, 0.25) is 0 Å². The number of benzene rings is 1. The van der Waals surface area contributed by atoms with Crippen LogP contribution in [0.3, 0.4) is 0 Å². The third-order valence-electron chi connectivity index (χ3n) is 3.19. The van der Waals surface area contributed by atoms with E-state index in [9.17, 15) is 4.39 Å². The second-order valence-electron chi connectivity index (χ2n) is 4.79. The molecule has 0 fully saturated rings. The minimum atomic E-state index is -0.162. The first-order chi connectivity index (χ1) is 9.28. The summed E-state index contributed by atoms with van der Waals surface area (Å²) in [6.45, 7) is 4.12. The Morgan fingerprint density at radius 1 is 1.16 bits per heavy atom. The maximum Gasteiger partial charge on any atom is 0.123 e. The Hall–Kier alpha value is -1.19. The van der Waals surface area contributed by atoms with Crippen molar-refractivity contribution in [2.75, 3.05) is 13.1 Å². The van der Waals surface area contributed by atoms with Gasteiger partial charge in [0.25, 0.3) is 0 Å². The lowest BCUT2D eigenvalue weighted by molar-refractivity contribution is 0.480. The Morgan fingerprint density at radius 2 is 1.95 bits per heavy atom. The molecule has 1 N–H and O–H groups in total. The van der Waals surface area contributed by atoms with Gasteiger partial charge in [0.05, 0.1) is 0 Å². The highest BCUT2D eigenvalue weighted by Gasteiger charge is 2.11. The van der Waals surface area contributed by atoms with Crippen LogP contribution in [-0.4, -0.2) is 13.1 Å². The second-order valence-corrected chi connectivity index (χ2v) is 5.82. The van der Waals surface area contributed by atoms with Crippen LogP contribution in [0.15, 0.2) is 41.8 Å². The molecular weight excluding hydrogens is 257 g/mol. The first-order valence-corrected chi connectivity index (χ1v) is 7.63. The van der Waals surface area contributed by atoms with E-state index in [4.69, 9.17) is 0 Å². The molecular formula is C16H20FNS. The zero-order valence-corrected chi connectivity index (χ0v) is 12.0. The first kappa shape index (κ1) is 14.2. The van der Waals surface area contributed by atoms with Gasteiger partial charge in [-0.25, -0.2) is 4.39 Å². The molecule has 1 unspecified atom stereocenters. The molecule has 2 rings (SSSR count). The van der Waals surface area contributed by atoms with Crippen LogP contribution < -0.4 is 5.32 Å². The quantitative estimate of drug-likeness (QED) is 0.809. The number of nitrogens with one attached hydrogen (secondary N) is 1. The fraction of sp³-hybridized carbons (Fsp3) is 0.375. The highest BCUT2D eigenvalue weighted by Crippen LogP contribution is 2.18. The van der Waals surface area contributed by atoms with E-state index in [2.05, 4.69) is 29.8 Å². The molecule has 2 aromatic rings. The van der Waals surface area contributed by atoms with Crippen LogP contribution in [0.1, 0.15) is 17.4 Å². The molecule has 0 amide bonds. The van der Waals surface area contributed by atoms with Gasteiger partial charge in [-0.05, 0) is 61.0 Å². The first-order valence-electron chi connectivity index (χ1n) is 6.75. The van der Waals surface area contributed by atoms with Crippen molar-refractivity contribution in [3.05, 3.63) is 58.0 Å². The molecule has 0 saturated heterocycles. The molecule has 1 heterocycles. The summed E-state index contributed by atoms with van der Waals surface area (Å²) in [5, 5.41) is 5.55. The molecule has 0 saturated carbocycles. The summed E-state index contributed by atoms with van der Waals surface area (Å²) in [6.07, 6.45) is 2.08. The molecule has 0 spiro atoms. The van der Waals surface area contributed by atoms with Crippen LogP contribution in [0.5, 0.6) is 0 Å². The van der Waals surface area contributed by atoms with Crippen LogP contribution in [-0.2, 0) is 12.8 Å². The van der Waals surface area contributed by atoms with Crippen molar-refractivity contribution < 1.29 is 4.39 Å². The average molecular weight is 277 g/mol. The number of halogens is 1. The van der Waals surface area contributed by atoms with E-state index < -0.39 is 0 Å². The van der Waals surface area contributed by atoms with E-state index in [0.29, 0.717) is 5.92 Å². The summed E-state index contributed by atoms with van der Waals surface area (Å²) < 4.78 is 12.9. The van der Waals surface area contributed by atoms with Gasteiger partial charge in [-0.15, -0.1) is 11.3 Å². The van der Waals surface area contributed by atoms with Crippen LogP contribution in [0.2, 0.25) is 0 Å². The van der Waals surface area contributed by atoms with E-state index >= 15 is 0 Å². The lowest BCUT2D eigenvalue weighted by Crippen LogP contribution is -2.25. The zero-order valence-electron chi connectivity index (χ0n) is 11.2. The van der Waals surface area contributed by atoms with E-state index in [1.165, 1.54) is 10.4 Å². The third kappa shape index (κ3) is 4.77. The molecule has 19 heavy (non-hydrogen) atoms. The van der Waals surface area contributed by atoms with E-state index in [0.717, 1.165) is 25.9 Å². The van der Waals surface area contributed by atoms with Crippen molar-refractivity contribution in [1.29, 1.82) is 0 Å². The standard InChI is InChI=1S/C16H20FNS/c1-2-18-12-14(11-16-4-3-9-19-16)10-13-5-7-15(17)8-6-13/h3-9,14,18H,2,10-12H2,1H3. The Labute approximate surface area is 118 Å². The summed E-state index contributed by atoms with van der Waals surface area (Å²) >= 11 is 1.81. The zero-order chi connectivity index (χ0) is 13.5. The molecule has 102 valence electrons. The van der Waals surface area contributed by atoms with Crippen LogP contribution >= 0.6 is 11.3 Å². The lowest BCUT2D eigenvalue weighted by atomic mass is 9.95. The average Bonchev–Trinajstić information content (AvgIpc) is 2.91. The molecule has 0 radical (unpaired) electrons. The highest BCUT2D eigenvalue weighted by molar-refractivity contribution is 7.09. The molecule has 1 nitrogen and oxygen atoms in total. The van der Waals surface area contributed by atoms with E-state index in [-0.39, 0.29) is 5.82 Å². The molecule has 1 aromatic carbocycles. The van der Waals surface area contributed by atoms with Crippen LogP contribution in [0, 0.1) is 11.7 Å². The van der Waals surface area contributed by atoms with E-state index in [1.807, 2.05) is 23.5 Å². The summed E-state index contributed by atoms with van der Waals surface area (Å²) in [5.41, 5.74) is 1.21. The lowest BCUT2D eigenvalue weighted by Gasteiger charge is -2.16. The predicted octanol–water partition coefficient (Wildman–Crippen LogP) is 3.90. The van der Waals surface area contributed by atoms with Crippen molar-refractivity contribution in [3.8, 4) is 0 Å². The number of hydrogen-bond acceptors (Lipinski definition) is 2. The van der Waals surface area contributed by atoms with Gasteiger partial charge in [0.15, 0.2) is 0 Å². The predicted molar refractivity (Wildman–Crippen MR) is 80.2 cm³/mol. The summed E-state index contributed by atoms with van der Waals surface area (Å²) in [6, 6.07) is 11.2. The molecule has 3 heteroatoms. The number of hydrogen-bond donors (Lipinski definition) is 1. The van der Waals surface area contributed by atoms with Crippen molar-refractivity contribution in [3.63, 3.8) is 0 Å². The smallest absolute Gasteiger partial charge is 0.123 e. The van der Waals surface area contributed by atoms with Gasteiger partial charge in [0.1, 0.15) is 5.82 Å². The van der Waals surface area contributed by atoms with Gasteiger partial charge in [-0.2, -0.15) is 0 Å². The molecule has 0 aliphatic heterocycles. The number of rotatable bonds is 7. The largest absolute Gasteiger partial charge is 0.317 e. The molecule has 1 atom stereocenters. The van der Waals surface area contributed by atoms with Crippen molar-refractivity contribution >= 4 is 11.3 Å². The summed E-state index contributed by atoms with van der Waals surface area (Å²) in [4.78, 5) is 1.42. The van der Waals surface area contributed by atoms with Gasteiger partial charge < -0.3 is 5.32 Å². The monoisotopic (exact) mass is 277 g/mol. The maximum atomic E-state index is 12.9. The Bertz CT molecular complexity index is 464. The van der Waals surface area contributed by atoms with Crippen molar-refractivity contribution in [2.45, 2.75) is 19.8 Å². The molecule has 0 aliphatic rings. The normalized spacial score (nSPS) is 12.5. The Balaban J connectivity index is 1.98. The molecule has 1 aromatic heterocycles. The topological polar surface area (TPSA) is 12.0 Å². The number of thiophene rings is 1. The fourth-order valence-electron chi connectivity index (χ4n) is 2.23. The minimum absolute atomic E-state index is 0.162. The highest BCUT2D eigenvalue weighted by atomic mass is 32.1. The van der Waals surface area contributed by atoms with Crippen molar-refractivity contribution in [1.82, 2.24) is 5.32 Å². The third-order valence-corrected chi connectivity index (χ3v) is 4.09. The van der Waals surface area contributed by atoms with Gasteiger partial charge >= 0.3 is 0 Å². The van der Waals surface area contributed by atoms with Gasteiger partial charge in [0, 0.05) is 4.88 Å². The van der Waals surface area contributed by atoms with Crippen LogP contribution in [0.4, 0.5) is 4.39 Å².